The summed E-state index contributed by atoms with van der Waals surface area (Å²) < 4.78 is 0. The second kappa shape index (κ2) is 5.31. The molecule has 0 amide bonds. The number of fused-ring (bicyclic) bond motifs is 5. The van der Waals surface area contributed by atoms with Crippen molar-refractivity contribution in [3.63, 3.8) is 0 Å². The summed E-state index contributed by atoms with van der Waals surface area (Å²) in [6, 6.07) is 0. The zero-order valence-corrected chi connectivity index (χ0v) is 15.2. The molecule has 0 aromatic carbocycles. The summed E-state index contributed by atoms with van der Waals surface area (Å²) >= 11 is 0. The Morgan fingerprint density at radius 1 is 0.913 bits per heavy atom. The van der Waals surface area contributed by atoms with Crippen LogP contribution in [0.4, 0.5) is 0 Å². The summed E-state index contributed by atoms with van der Waals surface area (Å²) in [5.41, 5.74) is 0.738. The molecule has 0 spiro atoms. The minimum atomic E-state index is -0.0490. The van der Waals surface area contributed by atoms with Gasteiger partial charge in [-0.15, -0.1) is 0 Å². The van der Waals surface area contributed by atoms with Crippen molar-refractivity contribution >= 4 is 5.78 Å². The lowest BCUT2D eigenvalue weighted by atomic mass is 9.44. The number of ketones is 1. The molecular formula is C21H34O2. The van der Waals surface area contributed by atoms with Crippen LogP contribution in [0.3, 0.4) is 0 Å². The fourth-order valence-electron chi connectivity index (χ4n) is 7.90. The number of aliphatic hydroxyl groups excluding tert-OH is 1. The third kappa shape index (κ3) is 2.19. The minimum absolute atomic E-state index is 0.0490. The average molecular weight is 319 g/mol. The summed E-state index contributed by atoms with van der Waals surface area (Å²) in [4.78, 5) is 12.2. The van der Waals surface area contributed by atoms with E-state index in [1.165, 1.54) is 38.5 Å². The predicted octanol–water partition coefficient (Wildman–Crippen LogP) is 4.60. The van der Waals surface area contributed by atoms with Gasteiger partial charge < -0.3 is 5.11 Å². The molecular weight excluding hydrogens is 284 g/mol. The molecule has 0 radical (unpaired) electrons. The molecule has 2 heteroatoms. The van der Waals surface area contributed by atoms with Crippen molar-refractivity contribution < 1.29 is 9.90 Å². The summed E-state index contributed by atoms with van der Waals surface area (Å²) in [7, 11) is 0. The van der Waals surface area contributed by atoms with E-state index in [1.807, 2.05) is 6.92 Å². The van der Waals surface area contributed by atoms with Crippen molar-refractivity contribution in [2.45, 2.75) is 84.7 Å². The molecule has 0 heterocycles. The Bertz CT molecular complexity index is 500. The molecule has 130 valence electrons. The first-order valence-corrected chi connectivity index (χ1v) is 10.0. The average Bonchev–Trinajstić information content (AvgIpc) is 2.85. The highest BCUT2D eigenvalue weighted by Crippen LogP contribution is 2.67. The fourth-order valence-corrected chi connectivity index (χ4v) is 7.90. The van der Waals surface area contributed by atoms with E-state index in [0.29, 0.717) is 17.1 Å². The lowest BCUT2D eigenvalue weighted by molar-refractivity contribution is -0.138. The van der Waals surface area contributed by atoms with E-state index in [0.717, 1.165) is 42.9 Å². The van der Waals surface area contributed by atoms with Gasteiger partial charge in [0.05, 0.1) is 6.10 Å². The molecule has 0 aromatic rings. The quantitative estimate of drug-likeness (QED) is 0.767. The lowest BCUT2D eigenvalue weighted by Gasteiger charge is -2.60. The molecule has 5 unspecified atom stereocenters. The van der Waals surface area contributed by atoms with Crippen molar-refractivity contribution in [1.82, 2.24) is 0 Å². The van der Waals surface area contributed by atoms with E-state index in [-0.39, 0.29) is 11.5 Å². The van der Waals surface area contributed by atoms with Crippen LogP contribution in [0.2, 0.25) is 0 Å². The van der Waals surface area contributed by atoms with E-state index in [1.54, 1.807) is 0 Å². The Morgan fingerprint density at radius 3 is 2.35 bits per heavy atom. The first kappa shape index (κ1) is 16.1. The van der Waals surface area contributed by atoms with E-state index < -0.39 is 0 Å². The van der Waals surface area contributed by atoms with E-state index in [4.69, 9.17) is 0 Å². The maximum absolute atomic E-state index is 12.2. The SMILES string of the molecule is CC(=O)C1CCC2C3CCC4C[C@@H](O)CC[C@]4(C)C3CC[C@]12C. The summed E-state index contributed by atoms with van der Waals surface area (Å²) in [5, 5.41) is 10.1. The second-order valence-corrected chi connectivity index (χ2v) is 9.87. The van der Waals surface area contributed by atoms with Gasteiger partial charge in [0, 0.05) is 5.92 Å². The highest BCUT2D eigenvalue weighted by atomic mass is 16.3. The van der Waals surface area contributed by atoms with Gasteiger partial charge in [-0.25, -0.2) is 0 Å². The first-order chi connectivity index (χ1) is 10.9. The highest BCUT2D eigenvalue weighted by Gasteiger charge is 2.60. The van der Waals surface area contributed by atoms with Crippen molar-refractivity contribution in [2.75, 3.05) is 0 Å². The molecule has 0 aliphatic heterocycles. The van der Waals surface area contributed by atoms with Crippen molar-refractivity contribution in [3.8, 4) is 0 Å². The molecule has 8 atom stereocenters. The van der Waals surface area contributed by atoms with Gasteiger partial charge >= 0.3 is 0 Å². The van der Waals surface area contributed by atoms with Crippen LogP contribution in [0.1, 0.15) is 78.6 Å². The number of hydrogen-bond acceptors (Lipinski definition) is 2. The van der Waals surface area contributed by atoms with Crippen molar-refractivity contribution in [2.24, 2.45) is 40.4 Å². The van der Waals surface area contributed by atoms with E-state index in [9.17, 15) is 9.90 Å². The number of hydrogen-bond donors (Lipinski definition) is 1. The topological polar surface area (TPSA) is 37.3 Å². The van der Waals surface area contributed by atoms with E-state index in [2.05, 4.69) is 13.8 Å². The number of rotatable bonds is 1. The molecule has 4 saturated carbocycles. The van der Waals surface area contributed by atoms with Crippen LogP contribution in [0.15, 0.2) is 0 Å². The number of aliphatic hydroxyl groups is 1. The Hall–Kier alpha value is -0.370. The van der Waals surface area contributed by atoms with Gasteiger partial charge in [-0.05, 0) is 99.2 Å². The fraction of sp³-hybridized carbons (Fsp3) is 0.952. The standard InChI is InChI=1S/C21H34O2/c1-13(22)17-6-7-18-16-5-4-14-12-15(23)8-10-20(14,2)19(16)9-11-21(17,18)3/h14-19,23H,4-12H2,1-3H3/t14?,15-,16?,17?,18?,19?,20-,21+/m0/s1. The number of Topliss-reactive ketones (excluding diaryl/α,β-unsaturated/α-hetero) is 1. The Kier molecular flexibility index (Phi) is 3.72. The minimum Gasteiger partial charge on any atom is -0.393 e. The molecule has 0 saturated heterocycles. The number of carbonyl (C=O) groups excluding carboxylic acids is 1. The molecule has 2 nitrogen and oxygen atoms in total. The smallest absolute Gasteiger partial charge is 0.133 e. The summed E-state index contributed by atoms with van der Waals surface area (Å²) in [5.74, 6) is 3.97. The van der Waals surface area contributed by atoms with Crippen LogP contribution in [0.25, 0.3) is 0 Å². The van der Waals surface area contributed by atoms with Gasteiger partial charge in [0.15, 0.2) is 0 Å². The molecule has 0 aromatic heterocycles. The van der Waals surface area contributed by atoms with Crippen LogP contribution < -0.4 is 0 Å². The lowest BCUT2D eigenvalue weighted by Crippen LogP contribution is -2.54. The molecule has 4 aliphatic carbocycles. The molecule has 0 bridgehead atoms. The van der Waals surface area contributed by atoms with Gasteiger partial charge in [0.1, 0.15) is 5.78 Å². The van der Waals surface area contributed by atoms with Crippen molar-refractivity contribution in [3.05, 3.63) is 0 Å². The summed E-state index contributed by atoms with van der Waals surface area (Å²) in [6.07, 6.45) is 10.9. The highest BCUT2D eigenvalue weighted by molar-refractivity contribution is 5.79. The zero-order valence-electron chi connectivity index (χ0n) is 15.2. The maximum atomic E-state index is 12.2. The molecule has 4 aliphatic rings. The Balaban J connectivity index is 1.61. The third-order valence-electron chi connectivity index (χ3n) is 9.13. The van der Waals surface area contributed by atoms with Crippen LogP contribution in [0, 0.1) is 40.4 Å². The van der Waals surface area contributed by atoms with Crippen LogP contribution in [-0.4, -0.2) is 17.0 Å². The molecule has 4 fully saturated rings. The van der Waals surface area contributed by atoms with E-state index >= 15 is 0 Å². The van der Waals surface area contributed by atoms with Crippen LogP contribution >= 0.6 is 0 Å². The molecule has 4 rings (SSSR count). The van der Waals surface area contributed by atoms with Gasteiger partial charge in [-0.2, -0.15) is 0 Å². The Morgan fingerprint density at radius 2 is 1.61 bits per heavy atom. The van der Waals surface area contributed by atoms with Crippen molar-refractivity contribution in [1.29, 1.82) is 0 Å². The monoisotopic (exact) mass is 318 g/mol. The zero-order chi connectivity index (χ0) is 16.4. The largest absolute Gasteiger partial charge is 0.393 e. The number of carbonyl (C=O) groups is 1. The third-order valence-corrected chi connectivity index (χ3v) is 9.13. The normalized spacial score (nSPS) is 55.7. The van der Waals surface area contributed by atoms with Gasteiger partial charge in [-0.3, -0.25) is 4.79 Å². The Labute approximate surface area is 141 Å². The second-order valence-electron chi connectivity index (χ2n) is 9.87. The van der Waals surface area contributed by atoms with Gasteiger partial charge in [0.25, 0.3) is 0 Å². The van der Waals surface area contributed by atoms with Crippen LogP contribution in [-0.2, 0) is 4.79 Å². The molecule has 1 N–H and O–H groups in total. The first-order valence-electron chi connectivity index (χ1n) is 10.0. The predicted molar refractivity (Wildman–Crippen MR) is 91.9 cm³/mol. The van der Waals surface area contributed by atoms with Gasteiger partial charge in [0.2, 0.25) is 0 Å². The van der Waals surface area contributed by atoms with Crippen LogP contribution in [0.5, 0.6) is 0 Å². The van der Waals surface area contributed by atoms with Gasteiger partial charge in [-0.1, -0.05) is 13.8 Å². The maximum Gasteiger partial charge on any atom is 0.133 e. The summed E-state index contributed by atoms with van der Waals surface area (Å²) in [6.45, 7) is 6.80. The molecule has 23 heavy (non-hydrogen) atoms.